The molecule has 17 heavy (non-hydrogen) atoms. The molecule has 0 aromatic carbocycles. The van der Waals surface area contributed by atoms with E-state index in [1.54, 1.807) is 6.07 Å². The first-order valence-corrected chi connectivity index (χ1v) is 5.61. The van der Waals surface area contributed by atoms with Gasteiger partial charge in [0.15, 0.2) is 0 Å². The summed E-state index contributed by atoms with van der Waals surface area (Å²) in [4.78, 5) is 26.2. The fourth-order valence-electron chi connectivity index (χ4n) is 0.971. The minimum atomic E-state index is -0.551. The van der Waals surface area contributed by atoms with Crippen LogP contribution < -0.4 is 5.73 Å². The summed E-state index contributed by atoms with van der Waals surface area (Å²) < 4.78 is 9.03. The number of hydrogen-bond acceptors (Lipinski definition) is 7. The SMILES string of the molecule is COC(=O)CSc1nc(C(=O)OC)ccc1N. The molecule has 1 heterocycles. The van der Waals surface area contributed by atoms with Gasteiger partial charge in [-0.15, -0.1) is 0 Å². The molecule has 0 saturated heterocycles. The molecule has 0 atom stereocenters. The second kappa shape index (κ2) is 6.09. The molecule has 0 radical (unpaired) electrons. The molecule has 0 unspecified atom stereocenters. The van der Waals surface area contributed by atoms with Crippen molar-refractivity contribution in [2.75, 3.05) is 25.7 Å². The molecule has 7 heteroatoms. The van der Waals surface area contributed by atoms with E-state index in [1.807, 2.05) is 0 Å². The number of nitrogens with zero attached hydrogens (tertiary/aromatic N) is 1. The summed E-state index contributed by atoms with van der Waals surface area (Å²) in [5.74, 6) is -0.859. The molecule has 1 aromatic rings. The van der Waals surface area contributed by atoms with Gasteiger partial charge in [0.05, 0.1) is 25.7 Å². The maximum absolute atomic E-state index is 11.2. The first kappa shape index (κ1) is 13.3. The van der Waals surface area contributed by atoms with Crippen LogP contribution >= 0.6 is 11.8 Å². The van der Waals surface area contributed by atoms with Crippen molar-refractivity contribution in [1.82, 2.24) is 4.98 Å². The van der Waals surface area contributed by atoms with Gasteiger partial charge in [0, 0.05) is 0 Å². The fraction of sp³-hybridized carbons (Fsp3) is 0.300. The van der Waals surface area contributed by atoms with E-state index in [-0.39, 0.29) is 17.4 Å². The summed E-state index contributed by atoms with van der Waals surface area (Å²) in [6.45, 7) is 0. The van der Waals surface area contributed by atoms with Gasteiger partial charge in [-0.2, -0.15) is 0 Å². The Kier molecular flexibility index (Phi) is 4.77. The summed E-state index contributed by atoms with van der Waals surface area (Å²) in [6, 6.07) is 3.00. The van der Waals surface area contributed by atoms with Crippen LogP contribution in [0.4, 0.5) is 5.69 Å². The van der Waals surface area contributed by atoms with E-state index in [0.29, 0.717) is 10.7 Å². The van der Waals surface area contributed by atoms with Crippen LogP contribution in [0.25, 0.3) is 0 Å². The molecule has 0 aliphatic heterocycles. The van der Waals surface area contributed by atoms with Gasteiger partial charge in [0.2, 0.25) is 0 Å². The number of carbonyl (C=O) groups excluding carboxylic acids is 2. The number of carbonyl (C=O) groups is 2. The monoisotopic (exact) mass is 256 g/mol. The number of pyridine rings is 1. The molecule has 2 N–H and O–H groups in total. The lowest BCUT2D eigenvalue weighted by Crippen LogP contribution is -2.08. The quantitative estimate of drug-likeness (QED) is 0.626. The molecular formula is C10H12N2O4S. The lowest BCUT2D eigenvalue weighted by molar-refractivity contribution is -0.137. The van der Waals surface area contributed by atoms with Crippen molar-refractivity contribution in [2.45, 2.75) is 5.03 Å². The van der Waals surface area contributed by atoms with Crippen LogP contribution in [0.15, 0.2) is 17.2 Å². The highest BCUT2D eigenvalue weighted by molar-refractivity contribution is 8.00. The van der Waals surface area contributed by atoms with E-state index in [0.717, 1.165) is 11.8 Å². The normalized spacial score (nSPS) is 9.76. The summed E-state index contributed by atoms with van der Waals surface area (Å²) in [7, 11) is 2.56. The number of rotatable bonds is 4. The molecule has 0 fully saturated rings. The van der Waals surface area contributed by atoms with E-state index in [2.05, 4.69) is 14.5 Å². The van der Waals surface area contributed by atoms with Crippen molar-refractivity contribution < 1.29 is 19.1 Å². The summed E-state index contributed by atoms with van der Waals surface area (Å²) >= 11 is 1.10. The smallest absolute Gasteiger partial charge is 0.356 e. The van der Waals surface area contributed by atoms with Gasteiger partial charge in [-0.05, 0) is 12.1 Å². The van der Waals surface area contributed by atoms with Crippen LogP contribution in [0.2, 0.25) is 0 Å². The predicted octanol–water partition coefficient (Wildman–Crippen LogP) is 0.715. The number of nitrogen functional groups attached to an aromatic ring is 1. The third kappa shape index (κ3) is 3.63. The lowest BCUT2D eigenvalue weighted by Gasteiger charge is -2.05. The van der Waals surface area contributed by atoms with Crippen LogP contribution in [0.1, 0.15) is 10.5 Å². The molecule has 0 aliphatic carbocycles. The second-order valence-corrected chi connectivity index (χ2v) is 3.91. The Hall–Kier alpha value is -1.76. The van der Waals surface area contributed by atoms with Crippen molar-refractivity contribution in [2.24, 2.45) is 0 Å². The number of hydrogen-bond donors (Lipinski definition) is 1. The molecule has 0 saturated carbocycles. The first-order valence-electron chi connectivity index (χ1n) is 4.63. The average molecular weight is 256 g/mol. The topological polar surface area (TPSA) is 91.5 Å². The minimum absolute atomic E-state index is 0.0817. The average Bonchev–Trinajstić information content (AvgIpc) is 2.36. The number of ether oxygens (including phenoxy) is 2. The van der Waals surface area contributed by atoms with Crippen molar-refractivity contribution in [3.05, 3.63) is 17.8 Å². The van der Waals surface area contributed by atoms with E-state index in [9.17, 15) is 9.59 Å². The highest BCUT2D eigenvalue weighted by Gasteiger charge is 2.12. The predicted molar refractivity (Wildman–Crippen MR) is 62.7 cm³/mol. The maximum Gasteiger partial charge on any atom is 0.356 e. The van der Waals surface area contributed by atoms with Crippen LogP contribution in [-0.4, -0.2) is 36.9 Å². The number of anilines is 1. The van der Waals surface area contributed by atoms with Gasteiger partial charge in [-0.3, -0.25) is 4.79 Å². The first-order chi connectivity index (χ1) is 8.08. The third-order valence-corrected chi connectivity index (χ3v) is 2.82. The Bertz CT molecular complexity index is 436. The zero-order valence-electron chi connectivity index (χ0n) is 9.43. The molecule has 1 rings (SSSR count). The van der Waals surface area contributed by atoms with Crippen molar-refractivity contribution >= 4 is 29.4 Å². The van der Waals surface area contributed by atoms with Gasteiger partial charge in [-0.1, -0.05) is 11.8 Å². The molecule has 92 valence electrons. The zero-order chi connectivity index (χ0) is 12.8. The summed E-state index contributed by atoms with van der Waals surface area (Å²) in [5, 5.41) is 0.401. The fourth-order valence-corrected chi connectivity index (χ4v) is 1.74. The second-order valence-electron chi connectivity index (χ2n) is 2.95. The van der Waals surface area contributed by atoms with Crippen LogP contribution in [0.5, 0.6) is 0 Å². The molecule has 0 aliphatic rings. The molecule has 0 amide bonds. The van der Waals surface area contributed by atoms with Crippen molar-refractivity contribution in [1.29, 1.82) is 0 Å². The largest absolute Gasteiger partial charge is 0.468 e. The van der Waals surface area contributed by atoms with E-state index < -0.39 is 5.97 Å². The van der Waals surface area contributed by atoms with Gasteiger partial charge in [0.1, 0.15) is 10.7 Å². The minimum Gasteiger partial charge on any atom is -0.468 e. The van der Waals surface area contributed by atoms with E-state index >= 15 is 0 Å². The van der Waals surface area contributed by atoms with E-state index in [1.165, 1.54) is 20.3 Å². The molecule has 6 nitrogen and oxygen atoms in total. The van der Waals surface area contributed by atoms with Crippen LogP contribution in [0, 0.1) is 0 Å². The number of esters is 2. The van der Waals surface area contributed by atoms with Crippen LogP contribution in [-0.2, 0) is 14.3 Å². The zero-order valence-corrected chi connectivity index (χ0v) is 10.2. The summed E-state index contributed by atoms with van der Waals surface area (Å²) in [6.07, 6.45) is 0. The van der Waals surface area contributed by atoms with Crippen LogP contribution in [0.3, 0.4) is 0 Å². The maximum atomic E-state index is 11.2. The van der Waals surface area contributed by atoms with E-state index in [4.69, 9.17) is 5.73 Å². The number of methoxy groups -OCH3 is 2. The van der Waals surface area contributed by atoms with Crippen molar-refractivity contribution in [3.8, 4) is 0 Å². The lowest BCUT2D eigenvalue weighted by atomic mass is 10.3. The Morgan fingerprint density at radius 1 is 1.35 bits per heavy atom. The number of aromatic nitrogens is 1. The third-order valence-electron chi connectivity index (χ3n) is 1.84. The molecule has 1 aromatic heterocycles. The molecule has 0 bridgehead atoms. The van der Waals surface area contributed by atoms with Gasteiger partial charge >= 0.3 is 11.9 Å². The summed E-state index contributed by atoms with van der Waals surface area (Å²) in [5.41, 5.74) is 6.21. The molecular weight excluding hydrogens is 244 g/mol. The van der Waals surface area contributed by atoms with Gasteiger partial charge < -0.3 is 15.2 Å². The van der Waals surface area contributed by atoms with Crippen molar-refractivity contribution in [3.63, 3.8) is 0 Å². The molecule has 0 spiro atoms. The number of thioether (sulfide) groups is 1. The Labute approximate surface area is 102 Å². The van der Waals surface area contributed by atoms with Gasteiger partial charge in [0.25, 0.3) is 0 Å². The highest BCUT2D eigenvalue weighted by Crippen LogP contribution is 2.23. The van der Waals surface area contributed by atoms with Gasteiger partial charge in [-0.25, -0.2) is 9.78 Å². The Morgan fingerprint density at radius 3 is 2.65 bits per heavy atom. The number of nitrogens with two attached hydrogens (primary N) is 1. The Morgan fingerprint density at radius 2 is 2.06 bits per heavy atom. The Balaban J connectivity index is 2.83. The standard InChI is InChI=1S/C10H12N2O4S/c1-15-8(13)5-17-9-6(11)3-4-7(12-9)10(14)16-2/h3-4H,5,11H2,1-2H3. The highest BCUT2D eigenvalue weighted by atomic mass is 32.2.